The van der Waals surface area contributed by atoms with Crippen LogP contribution in [0.25, 0.3) is 10.9 Å². The first-order valence-corrected chi connectivity index (χ1v) is 8.44. The molecule has 1 fully saturated rings. The molecule has 0 spiro atoms. The van der Waals surface area contributed by atoms with Crippen LogP contribution in [0.3, 0.4) is 0 Å². The van der Waals surface area contributed by atoms with E-state index in [2.05, 4.69) is 15.4 Å². The average molecular weight is 362 g/mol. The van der Waals surface area contributed by atoms with Crippen molar-refractivity contribution in [1.29, 1.82) is 0 Å². The van der Waals surface area contributed by atoms with Gasteiger partial charge in [0, 0.05) is 22.7 Å². The summed E-state index contributed by atoms with van der Waals surface area (Å²) in [5, 5.41) is 8.69. The monoisotopic (exact) mass is 362 g/mol. The molecule has 0 radical (unpaired) electrons. The van der Waals surface area contributed by atoms with Crippen LogP contribution in [-0.4, -0.2) is 35.3 Å². The number of hydrazone groups is 1. The molecule has 2 aromatic carbocycles. The predicted octanol–water partition coefficient (Wildman–Crippen LogP) is 2.98. The maximum absolute atomic E-state index is 12.9. The van der Waals surface area contributed by atoms with E-state index in [-0.39, 0.29) is 0 Å². The summed E-state index contributed by atoms with van der Waals surface area (Å²) in [4.78, 5) is 28.4. The van der Waals surface area contributed by atoms with E-state index in [0.717, 1.165) is 21.5 Å². The van der Waals surface area contributed by atoms with Crippen LogP contribution in [-0.2, 0) is 10.3 Å². The van der Waals surface area contributed by atoms with Gasteiger partial charge in [-0.2, -0.15) is 5.10 Å². The number of H-pyrrole nitrogens is 1. The summed E-state index contributed by atoms with van der Waals surface area (Å²) in [6.07, 6.45) is 3.30. The van der Waals surface area contributed by atoms with Crippen LogP contribution in [0.5, 0.6) is 5.75 Å². The van der Waals surface area contributed by atoms with Gasteiger partial charge in [0.2, 0.25) is 0 Å². The summed E-state index contributed by atoms with van der Waals surface area (Å²) >= 11 is 0. The van der Waals surface area contributed by atoms with Crippen molar-refractivity contribution in [3.63, 3.8) is 0 Å². The molecule has 0 aliphatic carbocycles. The topological polar surface area (TPSA) is 86.8 Å². The van der Waals surface area contributed by atoms with Crippen molar-refractivity contribution in [3.05, 3.63) is 65.9 Å². The Morgan fingerprint density at radius 1 is 1.11 bits per heavy atom. The van der Waals surface area contributed by atoms with Crippen molar-refractivity contribution in [2.75, 3.05) is 7.11 Å². The van der Waals surface area contributed by atoms with Crippen LogP contribution in [0.2, 0.25) is 0 Å². The van der Waals surface area contributed by atoms with Crippen molar-refractivity contribution in [2.45, 2.75) is 12.5 Å². The molecular formula is C20H18N4O3. The van der Waals surface area contributed by atoms with Gasteiger partial charge in [-0.05, 0) is 30.7 Å². The number of rotatable bonds is 4. The molecule has 3 aromatic rings. The molecule has 1 aromatic heterocycles. The van der Waals surface area contributed by atoms with E-state index in [9.17, 15) is 9.59 Å². The van der Waals surface area contributed by atoms with Gasteiger partial charge in [-0.1, -0.05) is 30.3 Å². The van der Waals surface area contributed by atoms with E-state index in [0.29, 0.717) is 11.3 Å². The SMILES string of the molecule is COc1ccc([C@@]2(C)NC(=O)N(/N=C/c3c[nH]c4ccccc34)C2=O)cc1. The van der Waals surface area contributed by atoms with Gasteiger partial charge in [0.05, 0.1) is 13.3 Å². The maximum Gasteiger partial charge on any atom is 0.346 e. The quantitative estimate of drug-likeness (QED) is 0.553. The molecule has 0 unspecified atom stereocenters. The maximum atomic E-state index is 12.9. The summed E-state index contributed by atoms with van der Waals surface area (Å²) in [5.74, 6) is 0.238. The number of hydrogen-bond donors (Lipinski definition) is 2. The lowest BCUT2D eigenvalue weighted by molar-refractivity contribution is -0.131. The number of ether oxygens (including phenoxy) is 1. The number of amides is 3. The van der Waals surface area contributed by atoms with Crippen molar-refractivity contribution >= 4 is 29.1 Å². The second kappa shape index (κ2) is 6.28. The summed E-state index contributed by atoms with van der Waals surface area (Å²) < 4.78 is 5.14. The van der Waals surface area contributed by atoms with E-state index in [4.69, 9.17) is 4.74 Å². The first-order chi connectivity index (χ1) is 13.0. The Labute approximate surface area is 155 Å². The molecule has 2 heterocycles. The second-order valence-corrected chi connectivity index (χ2v) is 6.43. The highest BCUT2D eigenvalue weighted by molar-refractivity contribution is 6.08. The van der Waals surface area contributed by atoms with Gasteiger partial charge in [0.15, 0.2) is 0 Å². The fraction of sp³-hybridized carbons (Fsp3) is 0.150. The lowest BCUT2D eigenvalue weighted by Crippen LogP contribution is -2.40. The minimum absolute atomic E-state index is 0.436. The molecular weight excluding hydrogens is 344 g/mol. The van der Waals surface area contributed by atoms with Crippen molar-refractivity contribution < 1.29 is 14.3 Å². The third-order valence-electron chi connectivity index (χ3n) is 4.77. The lowest BCUT2D eigenvalue weighted by Gasteiger charge is -2.21. The molecule has 136 valence electrons. The van der Waals surface area contributed by atoms with Crippen molar-refractivity contribution in [1.82, 2.24) is 15.3 Å². The summed E-state index contributed by atoms with van der Waals surface area (Å²) in [6.45, 7) is 1.66. The van der Waals surface area contributed by atoms with Crippen molar-refractivity contribution in [2.24, 2.45) is 5.10 Å². The third kappa shape index (κ3) is 2.73. The fourth-order valence-electron chi connectivity index (χ4n) is 3.17. The molecule has 3 amide bonds. The first kappa shape index (κ1) is 16.8. The number of para-hydroxylation sites is 1. The van der Waals surface area contributed by atoms with Crippen LogP contribution in [0.1, 0.15) is 18.1 Å². The molecule has 1 saturated heterocycles. The third-order valence-corrected chi connectivity index (χ3v) is 4.77. The van der Waals surface area contributed by atoms with Gasteiger partial charge in [-0.15, -0.1) is 5.01 Å². The molecule has 1 aliphatic heterocycles. The Morgan fingerprint density at radius 2 is 1.85 bits per heavy atom. The van der Waals surface area contributed by atoms with Crippen LogP contribution in [0, 0.1) is 0 Å². The Balaban J connectivity index is 1.62. The highest BCUT2D eigenvalue weighted by atomic mass is 16.5. The zero-order valence-electron chi connectivity index (χ0n) is 14.9. The minimum Gasteiger partial charge on any atom is -0.497 e. The molecule has 1 atom stereocenters. The van der Waals surface area contributed by atoms with E-state index in [1.165, 1.54) is 6.21 Å². The molecule has 1 aliphatic rings. The number of methoxy groups -OCH3 is 1. The zero-order chi connectivity index (χ0) is 19.0. The highest BCUT2D eigenvalue weighted by Crippen LogP contribution is 2.30. The minimum atomic E-state index is -1.18. The molecule has 4 rings (SSSR count). The van der Waals surface area contributed by atoms with Crippen LogP contribution in [0.4, 0.5) is 4.79 Å². The van der Waals surface area contributed by atoms with E-state index in [1.54, 1.807) is 44.5 Å². The zero-order valence-corrected chi connectivity index (χ0v) is 14.9. The Kier molecular flexibility index (Phi) is 3.92. The van der Waals surface area contributed by atoms with Crippen LogP contribution in [0.15, 0.2) is 59.8 Å². The Bertz CT molecular complexity index is 1050. The summed E-state index contributed by atoms with van der Waals surface area (Å²) in [6, 6.07) is 14.2. The van der Waals surface area contributed by atoms with Crippen LogP contribution < -0.4 is 10.1 Å². The Hall–Kier alpha value is -3.61. The van der Waals surface area contributed by atoms with E-state index in [1.807, 2.05) is 24.3 Å². The molecule has 0 saturated carbocycles. The van der Waals surface area contributed by atoms with Crippen molar-refractivity contribution in [3.8, 4) is 5.75 Å². The van der Waals surface area contributed by atoms with E-state index < -0.39 is 17.5 Å². The normalized spacial score (nSPS) is 19.9. The number of carbonyl (C=O) groups excluding carboxylic acids is 2. The second-order valence-electron chi connectivity index (χ2n) is 6.43. The van der Waals surface area contributed by atoms with Gasteiger partial charge in [0.1, 0.15) is 11.3 Å². The molecule has 7 heteroatoms. The van der Waals surface area contributed by atoms with Gasteiger partial charge in [0.25, 0.3) is 5.91 Å². The number of urea groups is 1. The fourth-order valence-corrected chi connectivity index (χ4v) is 3.17. The smallest absolute Gasteiger partial charge is 0.346 e. The Morgan fingerprint density at radius 3 is 2.59 bits per heavy atom. The number of benzene rings is 2. The highest BCUT2D eigenvalue weighted by Gasteiger charge is 2.49. The molecule has 2 N–H and O–H groups in total. The van der Waals surface area contributed by atoms with Gasteiger partial charge >= 0.3 is 6.03 Å². The van der Waals surface area contributed by atoms with Crippen LogP contribution >= 0.6 is 0 Å². The lowest BCUT2D eigenvalue weighted by atomic mass is 9.92. The van der Waals surface area contributed by atoms with Gasteiger partial charge in [-0.3, -0.25) is 4.79 Å². The number of nitrogens with zero attached hydrogens (tertiary/aromatic N) is 2. The average Bonchev–Trinajstić information content (AvgIpc) is 3.20. The molecule has 0 bridgehead atoms. The van der Waals surface area contributed by atoms with E-state index >= 15 is 0 Å². The van der Waals surface area contributed by atoms with Gasteiger partial charge in [-0.25, -0.2) is 4.79 Å². The predicted molar refractivity (Wildman–Crippen MR) is 102 cm³/mol. The molecule has 27 heavy (non-hydrogen) atoms. The number of imide groups is 1. The summed E-state index contributed by atoms with van der Waals surface area (Å²) in [5.41, 5.74) is 1.23. The number of aromatic amines is 1. The first-order valence-electron chi connectivity index (χ1n) is 8.44. The number of aromatic nitrogens is 1. The number of hydrogen-bond acceptors (Lipinski definition) is 4. The molecule has 7 nitrogen and oxygen atoms in total. The van der Waals surface area contributed by atoms with Gasteiger partial charge < -0.3 is 15.0 Å². The summed E-state index contributed by atoms with van der Waals surface area (Å²) in [7, 11) is 1.57. The number of nitrogens with one attached hydrogen (secondary N) is 2. The number of carbonyl (C=O) groups is 2. The number of fused-ring (bicyclic) bond motifs is 1. The largest absolute Gasteiger partial charge is 0.497 e. The standard InChI is InChI=1S/C20H18N4O3/c1-20(14-7-9-15(27-2)10-8-14)18(25)24(19(26)23-20)22-12-13-11-21-17-6-4-3-5-16(13)17/h3-12,21H,1-2H3,(H,23,26)/b22-12+/t20-/m1/s1.